The topological polar surface area (TPSA) is 63.0 Å². The van der Waals surface area contributed by atoms with E-state index in [1.807, 2.05) is 32.0 Å². The normalized spacial score (nSPS) is 10.6. The van der Waals surface area contributed by atoms with Crippen LogP contribution in [0, 0.1) is 13.8 Å². The van der Waals surface area contributed by atoms with Gasteiger partial charge in [-0.25, -0.2) is 4.98 Å². The molecule has 0 unspecified atom stereocenters. The van der Waals surface area contributed by atoms with E-state index in [-0.39, 0.29) is 0 Å². The molecule has 2 N–H and O–H groups in total. The number of rotatable bonds is 5. The highest BCUT2D eigenvalue weighted by atomic mass is 35.5. The molecule has 2 heterocycles. The molecule has 0 aliphatic rings. The van der Waals surface area contributed by atoms with Crippen molar-refractivity contribution in [2.45, 2.75) is 20.4 Å². The molecular formula is C17H17ClN4O. The molecule has 0 spiro atoms. The van der Waals surface area contributed by atoms with Gasteiger partial charge in [0.15, 0.2) is 0 Å². The summed E-state index contributed by atoms with van der Waals surface area (Å²) in [5.41, 5.74) is 3.05. The second-order valence-electron chi connectivity index (χ2n) is 5.26. The maximum atomic E-state index is 6.32. The number of nitrogens with zero attached hydrogens (tertiary/aromatic N) is 2. The SMILES string of the molecule is Cc1cc(C)c(Nc2ccnc(NCc3ccco3)n2)c(Cl)c1. The number of furan rings is 1. The summed E-state index contributed by atoms with van der Waals surface area (Å²) in [5, 5.41) is 7.05. The minimum atomic E-state index is 0.521. The standard InChI is InChI=1S/C17H17ClN4O/c1-11-8-12(2)16(14(18)9-11)21-15-5-6-19-17(22-15)20-10-13-4-3-7-23-13/h3-9H,10H2,1-2H3,(H2,19,20,21,22). The van der Waals surface area contributed by atoms with Gasteiger partial charge in [-0.05, 0) is 49.2 Å². The van der Waals surface area contributed by atoms with Crippen LogP contribution in [0.1, 0.15) is 16.9 Å². The molecule has 0 atom stereocenters. The third-order valence-electron chi connectivity index (χ3n) is 3.34. The molecule has 0 amide bonds. The van der Waals surface area contributed by atoms with Gasteiger partial charge in [0, 0.05) is 6.20 Å². The Morgan fingerprint density at radius 2 is 2.09 bits per heavy atom. The van der Waals surface area contributed by atoms with Crippen molar-refractivity contribution in [2.24, 2.45) is 0 Å². The molecule has 0 aliphatic carbocycles. The van der Waals surface area contributed by atoms with Crippen LogP contribution < -0.4 is 10.6 Å². The van der Waals surface area contributed by atoms with Gasteiger partial charge in [-0.1, -0.05) is 17.7 Å². The van der Waals surface area contributed by atoms with E-state index in [0.717, 1.165) is 22.6 Å². The van der Waals surface area contributed by atoms with Gasteiger partial charge in [-0.2, -0.15) is 4.98 Å². The van der Waals surface area contributed by atoms with Gasteiger partial charge in [-0.3, -0.25) is 0 Å². The number of benzene rings is 1. The van der Waals surface area contributed by atoms with E-state index in [9.17, 15) is 0 Å². The van der Waals surface area contributed by atoms with Gasteiger partial charge >= 0.3 is 0 Å². The number of hydrogen-bond donors (Lipinski definition) is 2. The highest BCUT2D eigenvalue weighted by molar-refractivity contribution is 6.33. The molecule has 5 nitrogen and oxygen atoms in total. The van der Waals surface area contributed by atoms with Crippen LogP contribution in [-0.4, -0.2) is 9.97 Å². The first-order chi connectivity index (χ1) is 11.1. The number of anilines is 3. The maximum Gasteiger partial charge on any atom is 0.224 e. The molecular weight excluding hydrogens is 312 g/mol. The second-order valence-corrected chi connectivity index (χ2v) is 5.67. The highest BCUT2D eigenvalue weighted by Crippen LogP contribution is 2.29. The zero-order valence-corrected chi connectivity index (χ0v) is 13.7. The predicted octanol–water partition coefficient (Wildman–Crippen LogP) is 4.70. The Morgan fingerprint density at radius 3 is 2.83 bits per heavy atom. The summed E-state index contributed by atoms with van der Waals surface area (Å²) in [4.78, 5) is 8.64. The van der Waals surface area contributed by atoms with Crippen LogP contribution in [-0.2, 0) is 6.54 Å². The van der Waals surface area contributed by atoms with Gasteiger partial charge in [-0.15, -0.1) is 0 Å². The molecule has 0 fully saturated rings. The number of aryl methyl sites for hydroxylation is 2. The average molecular weight is 329 g/mol. The minimum Gasteiger partial charge on any atom is -0.467 e. The van der Waals surface area contributed by atoms with Crippen molar-refractivity contribution >= 4 is 29.1 Å². The van der Waals surface area contributed by atoms with E-state index in [1.165, 1.54) is 0 Å². The van der Waals surface area contributed by atoms with Gasteiger partial charge in [0.05, 0.1) is 23.5 Å². The second kappa shape index (κ2) is 6.71. The highest BCUT2D eigenvalue weighted by Gasteiger charge is 2.07. The maximum absolute atomic E-state index is 6.32. The lowest BCUT2D eigenvalue weighted by Crippen LogP contribution is -2.05. The summed E-state index contributed by atoms with van der Waals surface area (Å²) in [6, 6.07) is 9.54. The summed E-state index contributed by atoms with van der Waals surface area (Å²) in [7, 11) is 0. The van der Waals surface area contributed by atoms with Crippen molar-refractivity contribution in [1.29, 1.82) is 0 Å². The average Bonchev–Trinajstić information content (AvgIpc) is 3.03. The smallest absolute Gasteiger partial charge is 0.224 e. The molecule has 3 aromatic rings. The first-order valence-electron chi connectivity index (χ1n) is 7.25. The molecule has 0 saturated carbocycles. The summed E-state index contributed by atoms with van der Waals surface area (Å²) < 4.78 is 5.27. The fraction of sp³-hybridized carbons (Fsp3) is 0.176. The Hall–Kier alpha value is -2.53. The summed E-state index contributed by atoms with van der Waals surface area (Å²) >= 11 is 6.32. The third kappa shape index (κ3) is 3.81. The van der Waals surface area contributed by atoms with Crippen LogP contribution in [0.4, 0.5) is 17.5 Å². The molecule has 23 heavy (non-hydrogen) atoms. The first kappa shape index (κ1) is 15.4. The molecule has 0 aliphatic heterocycles. The minimum absolute atomic E-state index is 0.521. The fourth-order valence-corrected chi connectivity index (χ4v) is 2.66. The molecule has 118 valence electrons. The number of halogens is 1. The zero-order valence-electron chi connectivity index (χ0n) is 12.9. The summed E-state index contributed by atoms with van der Waals surface area (Å²) in [6.45, 7) is 4.56. The molecule has 3 rings (SSSR count). The van der Waals surface area contributed by atoms with E-state index < -0.39 is 0 Å². The van der Waals surface area contributed by atoms with E-state index in [1.54, 1.807) is 18.5 Å². The monoisotopic (exact) mass is 328 g/mol. The fourth-order valence-electron chi connectivity index (χ4n) is 2.29. The van der Waals surface area contributed by atoms with Crippen LogP contribution in [0.15, 0.2) is 47.2 Å². The molecule has 2 aromatic heterocycles. The van der Waals surface area contributed by atoms with Gasteiger partial charge in [0.25, 0.3) is 0 Å². The van der Waals surface area contributed by atoms with Gasteiger partial charge in [0.2, 0.25) is 5.95 Å². The Labute approximate surface area is 139 Å². The summed E-state index contributed by atoms with van der Waals surface area (Å²) in [6.07, 6.45) is 3.33. The van der Waals surface area contributed by atoms with Crippen molar-refractivity contribution in [3.05, 3.63) is 64.7 Å². The summed E-state index contributed by atoms with van der Waals surface area (Å²) in [5.74, 6) is 2.02. The molecule has 0 bridgehead atoms. The predicted molar refractivity (Wildman–Crippen MR) is 92.3 cm³/mol. The Balaban J connectivity index is 1.75. The van der Waals surface area contributed by atoms with Crippen molar-refractivity contribution in [3.63, 3.8) is 0 Å². The first-order valence-corrected chi connectivity index (χ1v) is 7.62. The van der Waals surface area contributed by atoms with Crippen LogP contribution in [0.25, 0.3) is 0 Å². The van der Waals surface area contributed by atoms with E-state index in [2.05, 4.69) is 26.7 Å². The number of aromatic nitrogens is 2. The lowest BCUT2D eigenvalue weighted by atomic mass is 10.1. The van der Waals surface area contributed by atoms with Crippen LogP contribution in [0.2, 0.25) is 5.02 Å². The van der Waals surface area contributed by atoms with Crippen LogP contribution in [0.5, 0.6) is 0 Å². The Bertz CT molecular complexity index is 779. The van der Waals surface area contributed by atoms with Crippen LogP contribution in [0.3, 0.4) is 0 Å². The van der Waals surface area contributed by atoms with E-state index >= 15 is 0 Å². The van der Waals surface area contributed by atoms with Crippen molar-refractivity contribution in [1.82, 2.24) is 9.97 Å². The lowest BCUT2D eigenvalue weighted by Gasteiger charge is -2.12. The number of nitrogens with one attached hydrogen (secondary N) is 2. The van der Waals surface area contributed by atoms with E-state index in [4.69, 9.17) is 16.0 Å². The molecule has 6 heteroatoms. The van der Waals surface area contributed by atoms with Crippen molar-refractivity contribution in [3.8, 4) is 0 Å². The molecule has 0 saturated heterocycles. The van der Waals surface area contributed by atoms with E-state index in [0.29, 0.717) is 23.3 Å². The largest absolute Gasteiger partial charge is 0.467 e. The Kier molecular flexibility index (Phi) is 4.48. The quantitative estimate of drug-likeness (QED) is 0.711. The van der Waals surface area contributed by atoms with Crippen molar-refractivity contribution < 1.29 is 4.42 Å². The zero-order chi connectivity index (χ0) is 16.2. The van der Waals surface area contributed by atoms with Crippen LogP contribution >= 0.6 is 11.6 Å². The number of hydrogen-bond acceptors (Lipinski definition) is 5. The third-order valence-corrected chi connectivity index (χ3v) is 3.64. The molecule has 1 aromatic carbocycles. The van der Waals surface area contributed by atoms with Gasteiger partial charge < -0.3 is 15.1 Å². The van der Waals surface area contributed by atoms with Crippen molar-refractivity contribution in [2.75, 3.05) is 10.6 Å². The lowest BCUT2D eigenvalue weighted by molar-refractivity contribution is 0.517. The molecule has 0 radical (unpaired) electrons. The van der Waals surface area contributed by atoms with Gasteiger partial charge in [0.1, 0.15) is 11.6 Å². The Morgan fingerprint density at radius 1 is 1.22 bits per heavy atom.